The molecule has 4 N–H and O–H groups in total. The lowest BCUT2D eigenvalue weighted by atomic mass is 9.73. The molecule has 0 saturated heterocycles. The number of allylic oxidation sites excluding steroid dienone is 3. The number of hydrogen-bond donors (Lipinski definition) is 3. The third kappa shape index (κ3) is 5.59. The minimum absolute atomic E-state index is 0.0251. The molecule has 2 aromatic rings. The summed E-state index contributed by atoms with van der Waals surface area (Å²) in [6, 6.07) is 8.86. The highest BCUT2D eigenvalue weighted by Crippen LogP contribution is 2.49. The van der Waals surface area contributed by atoms with Gasteiger partial charge in [-0.15, -0.1) is 0 Å². The maximum absolute atomic E-state index is 12.2. The first-order chi connectivity index (χ1) is 15.7. The Morgan fingerprint density at radius 1 is 1.24 bits per heavy atom. The number of rotatable bonds is 9. The second kappa shape index (κ2) is 10.6. The van der Waals surface area contributed by atoms with E-state index in [-0.39, 0.29) is 23.1 Å². The van der Waals surface area contributed by atoms with E-state index in [1.165, 1.54) is 5.57 Å². The van der Waals surface area contributed by atoms with Gasteiger partial charge in [0.15, 0.2) is 0 Å². The molecule has 5 nitrogen and oxygen atoms in total. The minimum atomic E-state index is -1.12. The van der Waals surface area contributed by atoms with Gasteiger partial charge < -0.3 is 20.7 Å². The highest BCUT2D eigenvalue weighted by molar-refractivity contribution is 5.94. The lowest BCUT2D eigenvalue weighted by Crippen LogP contribution is -2.19. The molecule has 2 aromatic carbocycles. The van der Waals surface area contributed by atoms with E-state index >= 15 is 0 Å². The molecule has 0 bridgehead atoms. The molecule has 1 aliphatic rings. The molecule has 0 amide bonds. The van der Waals surface area contributed by atoms with Crippen molar-refractivity contribution in [3.63, 3.8) is 0 Å². The Bertz CT molecular complexity index is 1050. The van der Waals surface area contributed by atoms with Crippen LogP contribution in [-0.2, 0) is 6.42 Å². The molecule has 0 spiro atoms. The molecule has 176 valence electrons. The summed E-state index contributed by atoms with van der Waals surface area (Å²) in [6.07, 6.45) is 7.37. The summed E-state index contributed by atoms with van der Waals surface area (Å²) in [6.45, 7) is 10.3. The van der Waals surface area contributed by atoms with Gasteiger partial charge in [0, 0.05) is 17.2 Å². The zero-order valence-corrected chi connectivity index (χ0v) is 19.9. The van der Waals surface area contributed by atoms with E-state index in [0.717, 1.165) is 37.7 Å². The molecular weight excluding hydrogens is 414 g/mol. The highest BCUT2D eigenvalue weighted by Gasteiger charge is 2.33. The minimum Gasteiger partial charge on any atom is -0.507 e. The van der Waals surface area contributed by atoms with Crippen LogP contribution in [-0.4, -0.2) is 16.2 Å². The zero-order chi connectivity index (χ0) is 24.1. The van der Waals surface area contributed by atoms with E-state index in [2.05, 4.69) is 26.5 Å². The van der Waals surface area contributed by atoms with Crippen molar-refractivity contribution < 1.29 is 19.7 Å². The van der Waals surface area contributed by atoms with E-state index in [0.29, 0.717) is 34.7 Å². The van der Waals surface area contributed by atoms with E-state index in [4.69, 9.17) is 10.5 Å². The largest absolute Gasteiger partial charge is 0.507 e. The van der Waals surface area contributed by atoms with Crippen molar-refractivity contribution in [1.29, 1.82) is 0 Å². The molecule has 3 rings (SSSR count). The van der Waals surface area contributed by atoms with Crippen molar-refractivity contribution in [1.82, 2.24) is 0 Å². The lowest BCUT2D eigenvalue weighted by Gasteiger charge is -2.32. The van der Waals surface area contributed by atoms with E-state index in [1.54, 1.807) is 30.3 Å². The second-order valence-corrected chi connectivity index (χ2v) is 9.13. The van der Waals surface area contributed by atoms with Gasteiger partial charge in [0.25, 0.3) is 0 Å². The van der Waals surface area contributed by atoms with Gasteiger partial charge in [-0.1, -0.05) is 43.6 Å². The fourth-order valence-electron chi connectivity index (χ4n) is 4.69. The lowest BCUT2D eigenvalue weighted by molar-refractivity contribution is 0.0692. The molecule has 5 heteroatoms. The van der Waals surface area contributed by atoms with E-state index in [1.807, 2.05) is 6.92 Å². The van der Waals surface area contributed by atoms with Gasteiger partial charge in [-0.05, 0) is 81.3 Å². The molecule has 1 aliphatic carbocycles. The molecule has 0 radical (unpaired) electrons. The van der Waals surface area contributed by atoms with Gasteiger partial charge in [0.1, 0.15) is 22.8 Å². The second-order valence-electron chi connectivity index (χ2n) is 9.13. The van der Waals surface area contributed by atoms with Gasteiger partial charge in [-0.2, -0.15) is 0 Å². The van der Waals surface area contributed by atoms with Crippen LogP contribution in [0.3, 0.4) is 0 Å². The standard InChI is InChI=1S/C28H35NO4/c1-5-6-7-8-19-16-24(33-21-12-10-20(29)11-13-21)26(27(30)25(19)28(31)32)23-15-18(4)9-14-22(23)17(2)3/h10-13,15-16,22-23,30H,2,5-9,14,29H2,1,3-4H3,(H,31,32). The van der Waals surface area contributed by atoms with Crippen LogP contribution in [0, 0.1) is 5.92 Å². The number of carboxylic acid groups (broad SMARTS) is 1. The summed E-state index contributed by atoms with van der Waals surface area (Å²) < 4.78 is 6.28. The van der Waals surface area contributed by atoms with Crippen LogP contribution in [0.2, 0.25) is 0 Å². The fourth-order valence-corrected chi connectivity index (χ4v) is 4.69. The Labute approximate surface area is 196 Å². The highest BCUT2D eigenvalue weighted by atomic mass is 16.5. The number of aromatic carboxylic acids is 1. The third-order valence-electron chi connectivity index (χ3n) is 6.47. The maximum atomic E-state index is 12.2. The van der Waals surface area contributed by atoms with Crippen LogP contribution >= 0.6 is 0 Å². The summed E-state index contributed by atoms with van der Waals surface area (Å²) in [5, 5.41) is 21.4. The number of ether oxygens (including phenoxy) is 1. The summed E-state index contributed by atoms with van der Waals surface area (Å²) >= 11 is 0. The van der Waals surface area contributed by atoms with Crippen LogP contribution in [0.4, 0.5) is 5.69 Å². The average molecular weight is 450 g/mol. The van der Waals surface area contributed by atoms with Crippen molar-refractivity contribution >= 4 is 11.7 Å². The quantitative estimate of drug-likeness (QED) is 0.214. The number of anilines is 1. The van der Waals surface area contributed by atoms with Crippen LogP contribution in [0.25, 0.3) is 0 Å². The number of benzene rings is 2. The van der Waals surface area contributed by atoms with E-state index in [9.17, 15) is 15.0 Å². The molecule has 0 saturated carbocycles. The Hall–Kier alpha value is -3.21. The SMILES string of the molecule is C=C(C)C1CCC(C)=CC1c1c(Oc2ccc(N)cc2)cc(CCCCC)c(C(=O)O)c1O. The first-order valence-electron chi connectivity index (χ1n) is 11.7. The Morgan fingerprint density at radius 2 is 1.94 bits per heavy atom. The predicted molar refractivity (Wildman–Crippen MR) is 133 cm³/mol. The number of phenols is 1. The zero-order valence-electron chi connectivity index (χ0n) is 19.9. The summed E-state index contributed by atoms with van der Waals surface area (Å²) in [5.41, 5.74) is 9.74. The van der Waals surface area contributed by atoms with Crippen LogP contribution in [0.15, 0.2) is 54.1 Å². The normalized spacial score (nSPS) is 18.0. The van der Waals surface area contributed by atoms with Crippen LogP contribution in [0.1, 0.15) is 80.3 Å². The number of hydrogen-bond acceptors (Lipinski definition) is 4. The Balaban J connectivity index is 2.22. The van der Waals surface area contributed by atoms with E-state index < -0.39 is 5.97 Å². The summed E-state index contributed by atoms with van der Waals surface area (Å²) in [5.74, 6) is -0.401. The number of aryl methyl sites for hydroxylation is 1. The number of unbranched alkanes of at least 4 members (excludes halogenated alkanes) is 2. The summed E-state index contributed by atoms with van der Waals surface area (Å²) in [4.78, 5) is 12.2. The Kier molecular flexibility index (Phi) is 7.85. The third-order valence-corrected chi connectivity index (χ3v) is 6.47. The first kappa shape index (κ1) is 24.4. The summed E-state index contributed by atoms with van der Waals surface area (Å²) in [7, 11) is 0. The number of nitrogen functional groups attached to an aromatic ring is 1. The maximum Gasteiger partial charge on any atom is 0.339 e. The molecule has 0 heterocycles. The predicted octanol–water partition coefficient (Wildman–Crippen LogP) is 7.21. The molecular formula is C28H35NO4. The molecule has 2 atom stereocenters. The molecule has 0 fully saturated rings. The van der Waals surface area contributed by atoms with Crippen molar-refractivity contribution in [2.24, 2.45) is 5.92 Å². The molecule has 0 aliphatic heterocycles. The Morgan fingerprint density at radius 3 is 2.55 bits per heavy atom. The average Bonchev–Trinajstić information content (AvgIpc) is 2.75. The van der Waals surface area contributed by atoms with Crippen molar-refractivity contribution in [3.8, 4) is 17.2 Å². The molecule has 0 aromatic heterocycles. The monoisotopic (exact) mass is 449 g/mol. The van der Waals surface area contributed by atoms with Crippen molar-refractivity contribution in [3.05, 3.63) is 70.8 Å². The van der Waals surface area contributed by atoms with Gasteiger partial charge in [-0.3, -0.25) is 0 Å². The number of carboxylic acids is 1. The van der Waals surface area contributed by atoms with Crippen molar-refractivity contribution in [2.45, 2.75) is 65.2 Å². The fraction of sp³-hybridized carbons (Fsp3) is 0.393. The number of aromatic hydroxyl groups is 1. The van der Waals surface area contributed by atoms with Gasteiger partial charge in [-0.25, -0.2) is 4.79 Å². The number of carbonyl (C=O) groups is 1. The molecule has 2 unspecified atom stereocenters. The van der Waals surface area contributed by atoms with Gasteiger partial charge >= 0.3 is 5.97 Å². The smallest absolute Gasteiger partial charge is 0.339 e. The van der Waals surface area contributed by atoms with Gasteiger partial charge in [0.05, 0.1) is 0 Å². The van der Waals surface area contributed by atoms with Crippen molar-refractivity contribution in [2.75, 3.05) is 5.73 Å². The number of nitrogens with two attached hydrogens (primary N) is 1. The first-order valence-corrected chi connectivity index (χ1v) is 11.7. The van der Waals surface area contributed by atoms with Crippen LogP contribution in [0.5, 0.6) is 17.2 Å². The van der Waals surface area contributed by atoms with Gasteiger partial charge in [0.2, 0.25) is 0 Å². The topological polar surface area (TPSA) is 92.8 Å². The molecule has 33 heavy (non-hydrogen) atoms. The van der Waals surface area contributed by atoms with Crippen LogP contribution < -0.4 is 10.5 Å².